The van der Waals surface area contributed by atoms with Crippen LogP contribution in [0.5, 0.6) is 0 Å². The van der Waals surface area contributed by atoms with Crippen molar-refractivity contribution in [3.05, 3.63) is 12.7 Å². The Morgan fingerprint density at radius 3 is 1.82 bits per heavy atom. The standard InChI is InChI=1S/C10H2N10S2/c1-11-15-8-6-4(13-17-19(1)8)3-5-7(22-10(3)21-6)9-16-12-2-20(9)18-14-5/h1-2H. The van der Waals surface area contributed by atoms with E-state index >= 15 is 0 Å². The van der Waals surface area contributed by atoms with Gasteiger partial charge < -0.3 is 0 Å². The Labute approximate surface area is 127 Å². The summed E-state index contributed by atoms with van der Waals surface area (Å²) in [6.45, 7) is 0. The SMILES string of the molecule is c1nnc2c3sc4sc5c(nnn6cnnc56)c4c3nnn12. The molecule has 12 heteroatoms. The second-order valence-corrected chi connectivity index (χ2v) is 6.90. The molecule has 0 saturated carbocycles. The van der Waals surface area contributed by atoms with E-state index in [2.05, 4.69) is 41.0 Å². The molecule has 6 aromatic rings. The molecule has 104 valence electrons. The van der Waals surface area contributed by atoms with Crippen molar-refractivity contribution in [1.29, 1.82) is 0 Å². The molecule has 0 atom stereocenters. The van der Waals surface area contributed by atoms with Gasteiger partial charge >= 0.3 is 0 Å². The van der Waals surface area contributed by atoms with Gasteiger partial charge in [-0.2, -0.15) is 9.03 Å². The van der Waals surface area contributed by atoms with E-state index in [1.807, 2.05) is 0 Å². The average Bonchev–Trinajstić information content (AvgIpc) is 3.27. The van der Waals surface area contributed by atoms with Gasteiger partial charge in [0.2, 0.25) is 0 Å². The molecule has 22 heavy (non-hydrogen) atoms. The summed E-state index contributed by atoms with van der Waals surface area (Å²) < 4.78 is 6.10. The zero-order valence-electron chi connectivity index (χ0n) is 10.4. The van der Waals surface area contributed by atoms with E-state index in [0.29, 0.717) is 11.3 Å². The number of hydrogen-bond acceptors (Lipinski definition) is 10. The van der Waals surface area contributed by atoms with Crippen LogP contribution < -0.4 is 0 Å². The summed E-state index contributed by atoms with van der Waals surface area (Å²) in [6.07, 6.45) is 3.07. The van der Waals surface area contributed by atoms with Crippen molar-refractivity contribution in [1.82, 2.24) is 50.0 Å². The lowest BCUT2D eigenvalue weighted by molar-refractivity contribution is 0.823. The fraction of sp³-hybridized carbons (Fsp3) is 0. The maximum atomic E-state index is 4.30. The molecule has 0 bridgehead atoms. The third-order valence-corrected chi connectivity index (χ3v) is 5.89. The fourth-order valence-electron chi connectivity index (χ4n) is 2.51. The molecule has 0 unspecified atom stereocenters. The monoisotopic (exact) mass is 326 g/mol. The molecule has 0 fully saturated rings. The molecular weight excluding hydrogens is 324 g/mol. The van der Waals surface area contributed by atoms with Gasteiger partial charge in [-0.05, 0) is 0 Å². The largest absolute Gasteiger partial charge is 0.198 e. The minimum atomic E-state index is 0.697. The van der Waals surface area contributed by atoms with Gasteiger partial charge in [0.15, 0.2) is 11.3 Å². The van der Waals surface area contributed by atoms with Gasteiger partial charge in [0.05, 0.1) is 9.40 Å². The predicted octanol–water partition coefficient (Wildman–Crippen LogP) is 0.935. The molecule has 0 saturated heterocycles. The van der Waals surface area contributed by atoms with Crippen LogP contribution in [0.1, 0.15) is 0 Å². The number of aromatic nitrogens is 10. The Bertz CT molecular complexity index is 1240. The topological polar surface area (TPSA) is 112 Å². The molecule has 6 rings (SSSR count). The van der Waals surface area contributed by atoms with Gasteiger partial charge in [0.25, 0.3) is 0 Å². The Morgan fingerprint density at radius 2 is 1.27 bits per heavy atom. The third kappa shape index (κ3) is 1.12. The van der Waals surface area contributed by atoms with E-state index in [9.17, 15) is 0 Å². The van der Waals surface area contributed by atoms with E-state index in [1.165, 1.54) is 12.7 Å². The van der Waals surface area contributed by atoms with Crippen molar-refractivity contribution in [3.63, 3.8) is 0 Å². The Hall–Kier alpha value is -2.86. The summed E-state index contributed by atoms with van der Waals surface area (Å²) in [5, 5.41) is 33.7. The van der Waals surface area contributed by atoms with E-state index in [-0.39, 0.29) is 0 Å². The minimum Gasteiger partial charge on any atom is -0.180 e. The highest BCUT2D eigenvalue weighted by Crippen LogP contribution is 2.43. The summed E-state index contributed by atoms with van der Waals surface area (Å²) >= 11 is 3.20. The van der Waals surface area contributed by atoms with E-state index in [0.717, 1.165) is 29.8 Å². The van der Waals surface area contributed by atoms with Crippen molar-refractivity contribution in [3.8, 4) is 0 Å². The summed E-state index contributed by atoms with van der Waals surface area (Å²) in [4.78, 5) is 0. The lowest BCUT2D eigenvalue weighted by atomic mass is 10.3. The first-order valence-corrected chi connectivity index (χ1v) is 7.77. The molecule has 10 nitrogen and oxygen atoms in total. The van der Waals surface area contributed by atoms with Crippen molar-refractivity contribution in [2.24, 2.45) is 0 Å². The maximum Gasteiger partial charge on any atom is 0.198 e. The molecule has 0 radical (unpaired) electrons. The predicted molar refractivity (Wildman–Crippen MR) is 79.0 cm³/mol. The van der Waals surface area contributed by atoms with Gasteiger partial charge in [-0.15, -0.1) is 53.3 Å². The Morgan fingerprint density at radius 1 is 0.727 bits per heavy atom. The highest BCUT2D eigenvalue weighted by Gasteiger charge is 2.20. The smallest absolute Gasteiger partial charge is 0.180 e. The van der Waals surface area contributed by atoms with Crippen LogP contribution >= 0.6 is 22.7 Å². The molecule has 0 amide bonds. The normalized spacial score (nSPS) is 12.5. The Kier molecular flexibility index (Phi) is 1.71. The second-order valence-electron chi connectivity index (χ2n) is 4.60. The lowest BCUT2D eigenvalue weighted by Crippen LogP contribution is -1.95. The first-order chi connectivity index (χ1) is 10.9. The molecule has 0 aliphatic heterocycles. The van der Waals surface area contributed by atoms with Crippen LogP contribution in [0.2, 0.25) is 0 Å². The molecular formula is C10H2N10S2. The molecule has 0 N–H and O–H groups in total. The van der Waals surface area contributed by atoms with Gasteiger partial charge in [0, 0.05) is 0 Å². The summed E-state index contributed by atoms with van der Waals surface area (Å²) in [6, 6.07) is 0. The number of fused-ring (bicyclic) bond motifs is 9. The van der Waals surface area contributed by atoms with Gasteiger partial charge in [-0.1, -0.05) is 10.4 Å². The average molecular weight is 326 g/mol. The number of rotatable bonds is 0. The molecule has 0 aromatic carbocycles. The van der Waals surface area contributed by atoms with Crippen molar-refractivity contribution < 1.29 is 0 Å². The number of thiophene rings is 2. The molecule has 0 spiro atoms. The summed E-state index contributed by atoms with van der Waals surface area (Å²) in [5.74, 6) is 0. The second kappa shape index (κ2) is 3.48. The zero-order valence-corrected chi connectivity index (χ0v) is 12.1. The van der Waals surface area contributed by atoms with Crippen LogP contribution in [0.4, 0.5) is 0 Å². The van der Waals surface area contributed by atoms with Crippen LogP contribution in [0.3, 0.4) is 0 Å². The first-order valence-electron chi connectivity index (χ1n) is 6.14. The van der Waals surface area contributed by atoms with Gasteiger partial charge in [0.1, 0.15) is 33.1 Å². The van der Waals surface area contributed by atoms with Crippen molar-refractivity contribution in [2.45, 2.75) is 0 Å². The van der Waals surface area contributed by atoms with Crippen LogP contribution in [0, 0.1) is 0 Å². The van der Waals surface area contributed by atoms with Crippen LogP contribution in [0.25, 0.3) is 41.1 Å². The quantitative estimate of drug-likeness (QED) is 0.405. The van der Waals surface area contributed by atoms with Crippen LogP contribution in [-0.4, -0.2) is 50.0 Å². The lowest BCUT2D eigenvalue weighted by Gasteiger charge is -1.93. The van der Waals surface area contributed by atoms with Crippen LogP contribution in [0.15, 0.2) is 12.7 Å². The molecule has 6 heterocycles. The van der Waals surface area contributed by atoms with Crippen LogP contribution in [-0.2, 0) is 0 Å². The molecule has 0 aliphatic rings. The van der Waals surface area contributed by atoms with E-state index in [1.54, 1.807) is 31.7 Å². The van der Waals surface area contributed by atoms with Crippen molar-refractivity contribution >= 4 is 63.8 Å². The number of hydrogen-bond donors (Lipinski definition) is 0. The molecule has 0 aliphatic carbocycles. The maximum absolute atomic E-state index is 4.30. The van der Waals surface area contributed by atoms with E-state index in [4.69, 9.17) is 0 Å². The fourth-order valence-corrected chi connectivity index (χ4v) is 5.07. The summed E-state index contributed by atoms with van der Waals surface area (Å²) in [7, 11) is 0. The minimum absolute atomic E-state index is 0.697. The van der Waals surface area contributed by atoms with Gasteiger partial charge in [-0.25, -0.2) is 0 Å². The highest BCUT2D eigenvalue weighted by molar-refractivity contribution is 7.45. The third-order valence-electron chi connectivity index (χ3n) is 3.45. The zero-order chi connectivity index (χ0) is 14.3. The van der Waals surface area contributed by atoms with E-state index < -0.39 is 0 Å². The highest BCUT2D eigenvalue weighted by atomic mass is 32.2. The van der Waals surface area contributed by atoms with Gasteiger partial charge in [-0.3, -0.25) is 0 Å². The number of nitrogens with zero attached hydrogens (tertiary/aromatic N) is 10. The summed E-state index contributed by atoms with van der Waals surface area (Å²) in [5.41, 5.74) is 2.93. The Balaban J connectivity index is 1.92. The van der Waals surface area contributed by atoms with Crippen molar-refractivity contribution in [2.75, 3.05) is 0 Å². The molecule has 6 aromatic heterocycles. The first kappa shape index (κ1) is 10.8.